The van der Waals surface area contributed by atoms with E-state index in [1.54, 1.807) is 18.2 Å². The highest BCUT2D eigenvalue weighted by molar-refractivity contribution is 7.90. The second kappa shape index (κ2) is 4.95. The van der Waals surface area contributed by atoms with Gasteiger partial charge in [0.1, 0.15) is 11.3 Å². The SMILES string of the molecule is COCCS(=O)(=O)Cc1nc2cc(N)ccc2o1. The first-order valence-corrected chi connectivity index (χ1v) is 7.16. The van der Waals surface area contributed by atoms with E-state index in [1.165, 1.54) is 7.11 Å². The molecule has 7 heteroatoms. The molecular weight excluding hydrogens is 256 g/mol. The smallest absolute Gasteiger partial charge is 0.210 e. The number of hydrogen-bond donors (Lipinski definition) is 1. The van der Waals surface area contributed by atoms with Gasteiger partial charge in [0, 0.05) is 12.8 Å². The highest BCUT2D eigenvalue weighted by atomic mass is 32.2. The number of nitrogen functional groups attached to an aromatic ring is 1. The summed E-state index contributed by atoms with van der Waals surface area (Å²) < 4.78 is 33.5. The van der Waals surface area contributed by atoms with Gasteiger partial charge in [-0.05, 0) is 18.2 Å². The Morgan fingerprint density at radius 1 is 1.44 bits per heavy atom. The first kappa shape index (κ1) is 12.8. The fraction of sp³-hybridized carbons (Fsp3) is 0.364. The van der Waals surface area contributed by atoms with E-state index in [-0.39, 0.29) is 24.0 Å². The molecule has 0 saturated carbocycles. The average Bonchev–Trinajstić information content (AvgIpc) is 2.66. The number of rotatable bonds is 5. The van der Waals surface area contributed by atoms with E-state index in [2.05, 4.69) is 4.98 Å². The lowest BCUT2D eigenvalue weighted by Gasteiger charge is -1.99. The summed E-state index contributed by atoms with van der Waals surface area (Å²) in [6.07, 6.45) is 0. The van der Waals surface area contributed by atoms with Crippen LogP contribution in [0, 0.1) is 0 Å². The zero-order valence-electron chi connectivity index (χ0n) is 9.92. The third kappa shape index (κ3) is 2.99. The molecule has 2 rings (SSSR count). The Labute approximate surface area is 105 Å². The molecule has 18 heavy (non-hydrogen) atoms. The molecule has 0 aliphatic rings. The van der Waals surface area contributed by atoms with Gasteiger partial charge in [0.15, 0.2) is 15.4 Å². The van der Waals surface area contributed by atoms with E-state index >= 15 is 0 Å². The largest absolute Gasteiger partial charge is 0.440 e. The van der Waals surface area contributed by atoms with Crippen LogP contribution in [0.15, 0.2) is 22.6 Å². The van der Waals surface area contributed by atoms with E-state index < -0.39 is 9.84 Å². The number of hydrogen-bond acceptors (Lipinski definition) is 6. The summed E-state index contributed by atoms with van der Waals surface area (Å²) >= 11 is 0. The Morgan fingerprint density at radius 3 is 2.94 bits per heavy atom. The molecule has 0 saturated heterocycles. The van der Waals surface area contributed by atoms with Crippen LogP contribution in [0.25, 0.3) is 11.1 Å². The molecule has 0 atom stereocenters. The van der Waals surface area contributed by atoms with Crippen LogP contribution in [-0.2, 0) is 20.3 Å². The minimum absolute atomic E-state index is 0.0512. The maximum atomic E-state index is 11.7. The van der Waals surface area contributed by atoms with Crippen LogP contribution in [0.5, 0.6) is 0 Å². The molecule has 2 aromatic rings. The fourth-order valence-corrected chi connectivity index (χ4v) is 2.59. The minimum atomic E-state index is -3.27. The number of ether oxygens (including phenoxy) is 1. The quantitative estimate of drug-likeness (QED) is 0.813. The van der Waals surface area contributed by atoms with Crippen molar-refractivity contribution in [1.82, 2.24) is 4.98 Å². The van der Waals surface area contributed by atoms with E-state index in [4.69, 9.17) is 14.9 Å². The topological polar surface area (TPSA) is 95.4 Å². The number of benzene rings is 1. The summed E-state index contributed by atoms with van der Waals surface area (Å²) in [5.41, 5.74) is 7.26. The van der Waals surface area contributed by atoms with Crippen molar-refractivity contribution in [2.45, 2.75) is 5.75 Å². The van der Waals surface area contributed by atoms with Crippen molar-refractivity contribution in [1.29, 1.82) is 0 Å². The van der Waals surface area contributed by atoms with Crippen LogP contribution < -0.4 is 5.73 Å². The standard InChI is InChI=1S/C11H14N2O4S/c1-16-4-5-18(14,15)7-11-13-9-6-8(12)2-3-10(9)17-11/h2-3,6H,4-5,7,12H2,1H3. The van der Waals surface area contributed by atoms with Gasteiger partial charge in [-0.15, -0.1) is 0 Å². The van der Waals surface area contributed by atoms with Crippen LogP contribution in [0.3, 0.4) is 0 Å². The summed E-state index contributed by atoms with van der Waals surface area (Å²) in [4.78, 5) is 4.10. The maximum absolute atomic E-state index is 11.7. The van der Waals surface area contributed by atoms with Crippen molar-refractivity contribution in [2.75, 3.05) is 25.2 Å². The molecular formula is C11H14N2O4S. The van der Waals surface area contributed by atoms with Crippen molar-refractivity contribution in [3.8, 4) is 0 Å². The van der Waals surface area contributed by atoms with Crippen molar-refractivity contribution in [3.63, 3.8) is 0 Å². The number of nitrogens with two attached hydrogens (primary N) is 1. The normalized spacial score (nSPS) is 12.1. The number of nitrogens with zero attached hydrogens (tertiary/aromatic N) is 1. The van der Waals surface area contributed by atoms with Gasteiger partial charge in [-0.25, -0.2) is 13.4 Å². The van der Waals surface area contributed by atoms with Gasteiger partial charge >= 0.3 is 0 Å². The van der Waals surface area contributed by atoms with Gasteiger partial charge in [-0.2, -0.15) is 0 Å². The summed E-state index contributed by atoms with van der Waals surface area (Å²) in [5.74, 6) is -0.110. The van der Waals surface area contributed by atoms with E-state index in [0.717, 1.165) is 0 Å². The third-order valence-corrected chi connectivity index (χ3v) is 3.87. The first-order valence-electron chi connectivity index (χ1n) is 5.34. The summed E-state index contributed by atoms with van der Waals surface area (Å²) in [7, 11) is -1.81. The predicted octanol–water partition coefficient (Wildman–Crippen LogP) is 0.971. The summed E-state index contributed by atoms with van der Waals surface area (Å²) in [5, 5.41) is 0. The maximum Gasteiger partial charge on any atom is 0.210 e. The van der Waals surface area contributed by atoms with Gasteiger partial charge < -0.3 is 14.9 Å². The molecule has 2 N–H and O–H groups in total. The zero-order valence-corrected chi connectivity index (χ0v) is 10.7. The summed E-state index contributed by atoms with van der Waals surface area (Å²) in [6, 6.07) is 4.99. The molecule has 98 valence electrons. The molecule has 0 aliphatic carbocycles. The van der Waals surface area contributed by atoms with Crippen LogP contribution in [-0.4, -0.2) is 32.9 Å². The Balaban J connectivity index is 2.22. The van der Waals surface area contributed by atoms with Crippen LogP contribution >= 0.6 is 0 Å². The second-order valence-electron chi connectivity index (χ2n) is 3.92. The molecule has 0 spiro atoms. The molecule has 0 radical (unpaired) electrons. The summed E-state index contributed by atoms with van der Waals surface area (Å²) in [6.45, 7) is 0.162. The molecule has 1 heterocycles. The van der Waals surface area contributed by atoms with Gasteiger partial charge in [-0.1, -0.05) is 0 Å². The fourth-order valence-electron chi connectivity index (χ4n) is 1.52. The number of oxazole rings is 1. The van der Waals surface area contributed by atoms with Crippen molar-refractivity contribution in [3.05, 3.63) is 24.1 Å². The lowest BCUT2D eigenvalue weighted by Crippen LogP contribution is -2.13. The second-order valence-corrected chi connectivity index (χ2v) is 6.10. The average molecular weight is 270 g/mol. The van der Waals surface area contributed by atoms with Gasteiger partial charge in [-0.3, -0.25) is 0 Å². The monoisotopic (exact) mass is 270 g/mol. The molecule has 1 aromatic carbocycles. The molecule has 0 unspecified atom stereocenters. The number of sulfone groups is 1. The molecule has 0 aliphatic heterocycles. The van der Waals surface area contributed by atoms with Gasteiger partial charge in [0.25, 0.3) is 0 Å². The lowest BCUT2D eigenvalue weighted by molar-refractivity contribution is 0.217. The van der Waals surface area contributed by atoms with Gasteiger partial charge in [0.05, 0.1) is 12.4 Å². The Morgan fingerprint density at radius 2 is 2.22 bits per heavy atom. The number of anilines is 1. The van der Waals surface area contributed by atoms with Gasteiger partial charge in [0.2, 0.25) is 5.89 Å². The van der Waals surface area contributed by atoms with Crippen molar-refractivity contribution >= 4 is 26.6 Å². The Hall–Kier alpha value is -1.60. The molecule has 1 aromatic heterocycles. The number of aromatic nitrogens is 1. The van der Waals surface area contributed by atoms with Crippen LogP contribution in [0.4, 0.5) is 5.69 Å². The number of methoxy groups -OCH3 is 1. The van der Waals surface area contributed by atoms with E-state index in [9.17, 15) is 8.42 Å². The highest BCUT2D eigenvalue weighted by Gasteiger charge is 2.16. The highest BCUT2D eigenvalue weighted by Crippen LogP contribution is 2.19. The number of fused-ring (bicyclic) bond motifs is 1. The van der Waals surface area contributed by atoms with E-state index in [0.29, 0.717) is 16.8 Å². The first-order chi connectivity index (χ1) is 8.50. The molecule has 0 bridgehead atoms. The minimum Gasteiger partial charge on any atom is -0.440 e. The van der Waals surface area contributed by atoms with Crippen LogP contribution in [0.1, 0.15) is 5.89 Å². The third-order valence-electron chi connectivity index (χ3n) is 2.40. The zero-order chi connectivity index (χ0) is 13.2. The Kier molecular flexibility index (Phi) is 3.53. The predicted molar refractivity (Wildman–Crippen MR) is 67.8 cm³/mol. The van der Waals surface area contributed by atoms with Crippen LogP contribution in [0.2, 0.25) is 0 Å². The van der Waals surface area contributed by atoms with E-state index in [1.807, 2.05) is 0 Å². The molecule has 6 nitrogen and oxygen atoms in total. The lowest BCUT2D eigenvalue weighted by atomic mass is 10.3. The molecule has 0 amide bonds. The molecule has 0 fully saturated rings. The Bertz CT molecular complexity index is 648. The van der Waals surface area contributed by atoms with Crippen molar-refractivity contribution in [2.24, 2.45) is 0 Å². The van der Waals surface area contributed by atoms with Crippen molar-refractivity contribution < 1.29 is 17.6 Å².